The van der Waals surface area contributed by atoms with Crippen LogP contribution in [0.2, 0.25) is 0 Å². The molecule has 0 aromatic heterocycles. The summed E-state index contributed by atoms with van der Waals surface area (Å²) in [6.07, 6.45) is 0. The molecule has 0 atom stereocenters. The molecular formula is C22H26FN3O2. The average molecular weight is 383 g/mol. The van der Waals surface area contributed by atoms with Crippen LogP contribution in [-0.4, -0.2) is 65.8 Å². The van der Waals surface area contributed by atoms with E-state index in [9.17, 15) is 14.0 Å². The molecule has 1 aliphatic rings. The number of hydrogen-bond donors (Lipinski definition) is 0. The lowest BCUT2D eigenvalue weighted by atomic mass is 10.2. The Balaban J connectivity index is 1.50. The largest absolute Gasteiger partial charge is 0.338 e. The molecule has 2 aromatic carbocycles. The van der Waals surface area contributed by atoms with Gasteiger partial charge < -0.3 is 9.80 Å². The number of nitrogens with zero attached hydrogens (tertiary/aromatic N) is 3. The van der Waals surface area contributed by atoms with Gasteiger partial charge in [-0.2, -0.15) is 0 Å². The van der Waals surface area contributed by atoms with Gasteiger partial charge in [-0.05, 0) is 36.8 Å². The Bertz CT molecular complexity index is 804. The summed E-state index contributed by atoms with van der Waals surface area (Å²) in [7, 11) is 0. The summed E-state index contributed by atoms with van der Waals surface area (Å²) in [6.45, 7) is 5.77. The van der Waals surface area contributed by atoms with Gasteiger partial charge in [0.1, 0.15) is 5.82 Å². The van der Waals surface area contributed by atoms with Crippen molar-refractivity contribution in [1.29, 1.82) is 0 Å². The van der Waals surface area contributed by atoms with Crippen molar-refractivity contribution in [2.45, 2.75) is 13.5 Å². The first kappa shape index (κ1) is 20.0. The maximum absolute atomic E-state index is 13.4. The summed E-state index contributed by atoms with van der Waals surface area (Å²) in [4.78, 5) is 30.8. The average Bonchev–Trinajstić information content (AvgIpc) is 2.72. The third-order valence-corrected chi connectivity index (χ3v) is 5.04. The van der Waals surface area contributed by atoms with Gasteiger partial charge in [0.25, 0.3) is 5.91 Å². The molecule has 2 aromatic rings. The third-order valence-electron chi connectivity index (χ3n) is 5.04. The maximum Gasteiger partial charge on any atom is 0.253 e. The minimum absolute atomic E-state index is 0.0228. The molecule has 0 aliphatic carbocycles. The van der Waals surface area contributed by atoms with Gasteiger partial charge in [0.05, 0.1) is 6.54 Å². The molecule has 1 fully saturated rings. The molecule has 6 heteroatoms. The third kappa shape index (κ3) is 5.16. The summed E-state index contributed by atoms with van der Waals surface area (Å²) >= 11 is 0. The molecule has 0 saturated carbocycles. The SMILES string of the molecule is CCN(Cc1cccc(F)c1)C(=O)CN1CCN(C(=O)c2ccccc2)CC1. The highest BCUT2D eigenvalue weighted by atomic mass is 19.1. The van der Waals surface area contributed by atoms with E-state index < -0.39 is 0 Å². The van der Waals surface area contributed by atoms with Crippen molar-refractivity contribution in [3.63, 3.8) is 0 Å². The lowest BCUT2D eigenvalue weighted by Gasteiger charge is -2.35. The number of likely N-dealkylation sites (N-methyl/N-ethyl adjacent to an activating group) is 1. The van der Waals surface area contributed by atoms with E-state index in [2.05, 4.69) is 4.90 Å². The van der Waals surface area contributed by atoms with Gasteiger partial charge in [0.2, 0.25) is 5.91 Å². The Labute approximate surface area is 165 Å². The van der Waals surface area contributed by atoms with E-state index in [1.54, 1.807) is 11.0 Å². The van der Waals surface area contributed by atoms with Crippen molar-refractivity contribution in [3.8, 4) is 0 Å². The lowest BCUT2D eigenvalue weighted by molar-refractivity contribution is -0.133. The Morgan fingerprint density at radius 3 is 2.36 bits per heavy atom. The Kier molecular flexibility index (Phi) is 6.76. The second kappa shape index (κ2) is 9.46. The Hall–Kier alpha value is -2.73. The molecule has 0 radical (unpaired) electrons. The standard InChI is InChI=1S/C22H26FN3O2/c1-2-25(16-18-7-6-10-20(23)15-18)21(27)17-24-11-13-26(14-12-24)22(28)19-8-4-3-5-9-19/h3-10,15H,2,11-14,16-17H2,1H3. The molecule has 148 valence electrons. The van der Waals surface area contributed by atoms with Crippen LogP contribution < -0.4 is 0 Å². The van der Waals surface area contributed by atoms with Crippen molar-refractivity contribution in [3.05, 3.63) is 71.5 Å². The Morgan fingerprint density at radius 1 is 1.00 bits per heavy atom. The second-order valence-corrected chi connectivity index (χ2v) is 6.97. The molecule has 3 rings (SSSR count). The maximum atomic E-state index is 13.4. The topological polar surface area (TPSA) is 43.9 Å². The van der Waals surface area contributed by atoms with Crippen molar-refractivity contribution < 1.29 is 14.0 Å². The first-order valence-corrected chi connectivity index (χ1v) is 9.65. The molecule has 1 saturated heterocycles. The Morgan fingerprint density at radius 2 is 1.71 bits per heavy atom. The highest BCUT2D eigenvalue weighted by Gasteiger charge is 2.24. The molecule has 1 aliphatic heterocycles. The highest BCUT2D eigenvalue weighted by molar-refractivity contribution is 5.94. The molecule has 2 amide bonds. The number of carbonyl (C=O) groups is 2. The first-order valence-electron chi connectivity index (χ1n) is 9.65. The van der Waals surface area contributed by atoms with Crippen molar-refractivity contribution in [2.24, 2.45) is 0 Å². The zero-order valence-corrected chi connectivity index (χ0v) is 16.2. The van der Waals surface area contributed by atoms with E-state index in [1.807, 2.05) is 48.2 Å². The van der Waals surface area contributed by atoms with Crippen LogP contribution in [0.15, 0.2) is 54.6 Å². The number of halogens is 1. The number of carbonyl (C=O) groups excluding carboxylic acids is 2. The zero-order chi connectivity index (χ0) is 19.9. The highest BCUT2D eigenvalue weighted by Crippen LogP contribution is 2.11. The molecule has 5 nitrogen and oxygen atoms in total. The zero-order valence-electron chi connectivity index (χ0n) is 16.2. The van der Waals surface area contributed by atoms with Crippen molar-refractivity contribution in [1.82, 2.24) is 14.7 Å². The van der Waals surface area contributed by atoms with E-state index in [4.69, 9.17) is 0 Å². The van der Waals surface area contributed by atoms with Gasteiger partial charge in [0, 0.05) is 44.8 Å². The van der Waals surface area contributed by atoms with E-state index in [0.717, 1.165) is 5.56 Å². The van der Waals surface area contributed by atoms with Crippen molar-refractivity contribution >= 4 is 11.8 Å². The smallest absolute Gasteiger partial charge is 0.253 e. The van der Waals surface area contributed by atoms with Crippen LogP contribution in [0.4, 0.5) is 4.39 Å². The van der Waals surface area contributed by atoms with Crippen LogP contribution in [0, 0.1) is 5.82 Å². The van der Waals surface area contributed by atoms with Crippen LogP contribution in [0.3, 0.4) is 0 Å². The van der Waals surface area contributed by atoms with Gasteiger partial charge in [-0.1, -0.05) is 30.3 Å². The van der Waals surface area contributed by atoms with Crippen LogP contribution in [0.5, 0.6) is 0 Å². The summed E-state index contributed by atoms with van der Waals surface area (Å²) in [5.41, 5.74) is 1.48. The van der Waals surface area contributed by atoms with E-state index in [1.165, 1.54) is 12.1 Å². The fourth-order valence-corrected chi connectivity index (χ4v) is 3.40. The number of benzene rings is 2. The molecule has 28 heavy (non-hydrogen) atoms. The van der Waals surface area contributed by atoms with Gasteiger partial charge in [-0.3, -0.25) is 14.5 Å². The minimum atomic E-state index is -0.291. The molecule has 0 bridgehead atoms. The normalized spacial score (nSPS) is 14.7. The number of piperazine rings is 1. The quantitative estimate of drug-likeness (QED) is 0.770. The fourth-order valence-electron chi connectivity index (χ4n) is 3.40. The molecular weight excluding hydrogens is 357 g/mol. The van der Waals surface area contributed by atoms with E-state index >= 15 is 0 Å². The van der Waals surface area contributed by atoms with Gasteiger partial charge in [0.15, 0.2) is 0 Å². The predicted octanol–water partition coefficient (Wildman–Crippen LogP) is 2.63. The van der Waals surface area contributed by atoms with Crippen molar-refractivity contribution in [2.75, 3.05) is 39.3 Å². The lowest BCUT2D eigenvalue weighted by Crippen LogP contribution is -2.51. The van der Waals surface area contributed by atoms with Gasteiger partial charge >= 0.3 is 0 Å². The number of hydrogen-bond acceptors (Lipinski definition) is 3. The molecule has 1 heterocycles. The monoisotopic (exact) mass is 383 g/mol. The minimum Gasteiger partial charge on any atom is -0.338 e. The van der Waals surface area contributed by atoms with Crippen LogP contribution in [-0.2, 0) is 11.3 Å². The van der Waals surface area contributed by atoms with Crippen LogP contribution in [0.25, 0.3) is 0 Å². The van der Waals surface area contributed by atoms with Crippen LogP contribution >= 0.6 is 0 Å². The van der Waals surface area contributed by atoms with E-state index in [-0.39, 0.29) is 17.6 Å². The fraction of sp³-hybridized carbons (Fsp3) is 0.364. The molecule has 0 N–H and O–H groups in total. The summed E-state index contributed by atoms with van der Waals surface area (Å²) < 4.78 is 13.4. The molecule has 0 spiro atoms. The molecule has 0 unspecified atom stereocenters. The van der Waals surface area contributed by atoms with Gasteiger partial charge in [-0.15, -0.1) is 0 Å². The number of rotatable bonds is 6. The summed E-state index contributed by atoms with van der Waals surface area (Å²) in [5, 5.41) is 0. The first-order chi connectivity index (χ1) is 13.6. The van der Waals surface area contributed by atoms with E-state index in [0.29, 0.717) is 51.4 Å². The predicted molar refractivity (Wildman–Crippen MR) is 106 cm³/mol. The number of amides is 2. The summed E-state index contributed by atoms with van der Waals surface area (Å²) in [6, 6.07) is 15.6. The second-order valence-electron chi connectivity index (χ2n) is 6.97. The van der Waals surface area contributed by atoms with Gasteiger partial charge in [-0.25, -0.2) is 4.39 Å². The summed E-state index contributed by atoms with van der Waals surface area (Å²) in [5.74, 6) is -0.234. The van der Waals surface area contributed by atoms with Crippen LogP contribution in [0.1, 0.15) is 22.8 Å².